The minimum absolute atomic E-state index is 0. The summed E-state index contributed by atoms with van der Waals surface area (Å²) in [5.74, 6) is 0.145. The number of hydrogen-bond acceptors (Lipinski definition) is 3. The van der Waals surface area contributed by atoms with Gasteiger partial charge >= 0.3 is 0 Å². The van der Waals surface area contributed by atoms with Gasteiger partial charge in [-0.3, -0.25) is 9.59 Å². The van der Waals surface area contributed by atoms with Crippen LogP contribution in [0.1, 0.15) is 45.6 Å². The Labute approximate surface area is 150 Å². The van der Waals surface area contributed by atoms with Gasteiger partial charge in [-0.1, -0.05) is 12.1 Å². The molecule has 0 heterocycles. The molecule has 1 aliphatic rings. The van der Waals surface area contributed by atoms with Crippen molar-refractivity contribution in [3.8, 4) is 0 Å². The van der Waals surface area contributed by atoms with Crippen LogP contribution >= 0.6 is 12.4 Å². The standard InChI is InChI=1S/C18H27N3O2.ClH/c1-12(2)21(13(3)22)11-14-4-8-17(9-5-14)20-18(23)15-6-7-16(19)10-15;/h4-5,8-9,12,15-16H,6-7,10-11,19H2,1-3H3,(H,20,23);1H. The monoisotopic (exact) mass is 353 g/mol. The summed E-state index contributed by atoms with van der Waals surface area (Å²) in [5.41, 5.74) is 7.70. The highest BCUT2D eigenvalue weighted by Gasteiger charge is 2.27. The second-order valence-corrected chi connectivity index (χ2v) is 6.70. The predicted octanol–water partition coefficient (Wildman–Crippen LogP) is 2.93. The molecule has 134 valence electrons. The Hall–Kier alpha value is -1.59. The summed E-state index contributed by atoms with van der Waals surface area (Å²) in [6.45, 7) is 6.17. The number of amides is 2. The van der Waals surface area contributed by atoms with Crippen LogP contribution < -0.4 is 11.1 Å². The van der Waals surface area contributed by atoms with Crippen LogP contribution in [0.15, 0.2) is 24.3 Å². The molecule has 0 radical (unpaired) electrons. The molecule has 2 amide bonds. The van der Waals surface area contributed by atoms with E-state index in [1.807, 2.05) is 43.0 Å². The van der Waals surface area contributed by atoms with Crippen LogP contribution in [0.3, 0.4) is 0 Å². The van der Waals surface area contributed by atoms with Gasteiger partial charge in [0.2, 0.25) is 11.8 Å². The maximum Gasteiger partial charge on any atom is 0.227 e. The summed E-state index contributed by atoms with van der Waals surface area (Å²) in [4.78, 5) is 25.6. The Morgan fingerprint density at radius 1 is 1.25 bits per heavy atom. The van der Waals surface area contributed by atoms with Crippen LogP contribution in [0.4, 0.5) is 5.69 Å². The Bertz CT molecular complexity index is 560. The van der Waals surface area contributed by atoms with Crippen LogP contribution in [0, 0.1) is 5.92 Å². The second kappa shape index (κ2) is 9.04. The van der Waals surface area contributed by atoms with Crippen molar-refractivity contribution >= 4 is 29.9 Å². The first-order valence-electron chi connectivity index (χ1n) is 8.29. The fraction of sp³-hybridized carbons (Fsp3) is 0.556. The van der Waals surface area contributed by atoms with Crippen molar-refractivity contribution in [3.63, 3.8) is 0 Å². The van der Waals surface area contributed by atoms with Crippen molar-refractivity contribution in [2.24, 2.45) is 11.7 Å². The minimum Gasteiger partial charge on any atom is -0.336 e. The van der Waals surface area contributed by atoms with E-state index in [9.17, 15) is 9.59 Å². The maximum absolute atomic E-state index is 12.2. The van der Waals surface area contributed by atoms with Gasteiger partial charge in [0, 0.05) is 37.2 Å². The average molecular weight is 354 g/mol. The molecule has 1 aliphatic carbocycles. The summed E-state index contributed by atoms with van der Waals surface area (Å²) in [6, 6.07) is 8.00. The molecule has 1 fully saturated rings. The number of anilines is 1. The number of benzene rings is 1. The van der Waals surface area contributed by atoms with E-state index in [2.05, 4.69) is 5.32 Å². The fourth-order valence-electron chi connectivity index (χ4n) is 3.05. The first kappa shape index (κ1) is 20.5. The maximum atomic E-state index is 12.2. The predicted molar refractivity (Wildman–Crippen MR) is 99.0 cm³/mol. The van der Waals surface area contributed by atoms with Gasteiger partial charge in [-0.05, 0) is 50.8 Å². The van der Waals surface area contributed by atoms with E-state index in [4.69, 9.17) is 5.73 Å². The molecule has 3 N–H and O–H groups in total. The Morgan fingerprint density at radius 2 is 1.88 bits per heavy atom. The van der Waals surface area contributed by atoms with Gasteiger partial charge in [0.15, 0.2) is 0 Å². The van der Waals surface area contributed by atoms with E-state index in [1.165, 1.54) is 0 Å². The highest BCUT2D eigenvalue weighted by atomic mass is 35.5. The average Bonchev–Trinajstić information content (AvgIpc) is 2.92. The van der Waals surface area contributed by atoms with Crippen molar-refractivity contribution in [1.29, 1.82) is 0 Å². The number of carbonyl (C=O) groups excluding carboxylic acids is 2. The van der Waals surface area contributed by atoms with Crippen LogP contribution in [-0.4, -0.2) is 28.8 Å². The van der Waals surface area contributed by atoms with E-state index in [-0.39, 0.29) is 42.2 Å². The van der Waals surface area contributed by atoms with E-state index in [0.29, 0.717) is 6.54 Å². The Morgan fingerprint density at radius 3 is 2.33 bits per heavy atom. The zero-order valence-electron chi connectivity index (χ0n) is 14.6. The lowest BCUT2D eigenvalue weighted by Crippen LogP contribution is -2.34. The molecule has 0 spiro atoms. The van der Waals surface area contributed by atoms with Crippen molar-refractivity contribution in [2.45, 2.75) is 58.7 Å². The SMILES string of the molecule is CC(=O)N(Cc1ccc(NC(=O)C2CCC(N)C2)cc1)C(C)C.Cl. The quantitative estimate of drug-likeness (QED) is 0.854. The molecule has 2 rings (SSSR count). The molecule has 24 heavy (non-hydrogen) atoms. The summed E-state index contributed by atoms with van der Waals surface area (Å²) in [6.07, 6.45) is 2.56. The highest BCUT2D eigenvalue weighted by molar-refractivity contribution is 5.92. The Balaban J connectivity index is 0.00000288. The van der Waals surface area contributed by atoms with Gasteiger partial charge in [0.05, 0.1) is 0 Å². The smallest absolute Gasteiger partial charge is 0.227 e. The summed E-state index contributed by atoms with van der Waals surface area (Å²) in [5, 5.41) is 2.96. The molecule has 2 unspecified atom stereocenters. The largest absolute Gasteiger partial charge is 0.336 e. The van der Waals surface area contributed by atoms with Crippen molar-refractivity contribution < 1.29 is 9.59 Å². The number of carbonyl (C=O) groups is 2. The number of halogens is 1. The first-order valence-corrected chi connectivity index (χ1v) is 8.29. The third kappa shape index (κ3) is 5.49. The normalized spacial score (nSPS) is 19.7. The van der Waals surface area contributed by atoms with Crippen molar-refractivity contribution in [1.82, 2.24) is 4.90 Å². The van der Waals surface area contributed by atoms with Crippen LogP contribution in [0.5, 0.6) is 0 Å². The van der Waals surface area contributed by atoms with Gasteiger partial charge in [0.1, 0.15) is 0 Å². The zero-order valence-corrected chi connectivity index (χ0v) is 15.4. The molecule has 0 aromatic heterocycles. The number of nitrogens with two attached hydrogens (primary N) is 1. The first-order chi connectivity index (χ1) is 10.9. The number of nitrogens with one attached hydrogen (secondary N) is 1. The molecule has 0 aliphatic heterocycles. The lowest BCUT2D eigenvalue weighted by atomic mass is 10.1. The topological polar surface area (TPSA) is 75.4 Å². The highest BCUT2D eigenvalue weighted by Crippen LogP contribution is 2.25. The van der Waals surface area contributed by atoms with Crippen molar-refractivity contribution in [2.75, 3.05) is 5.32 Å². The van der Waals surface area contributed by atoms with Crippen LogP contribution in [0.25, 0.3) is 0 Å². The molecular weight excluding hydrogens is 326 g/mol. The molecule has 1 aromatic rings. The summed E-state index contributed by atoms with van der Waals surface area (Å²) < 4.78 is 0. The molecule has 0 bridgehead atoms. The lowest BCUT2D eigenvalue weighted by molar-refractivity contribution is -0.131. The lowest BCUT2D eigenvalue weighted by Gasteiger charge is -2.25. The number of nitrogens with zero attached hydrogens (tertiary/aromatic N) is 1. The number of rotatable bonds is 5. The zero-order chi connectivity index (χ0) is 17.0. The van der Waals surface area contributed by atoms with Gasteiger partial charge < -0.3 is 16.0 Å². The third-order valence-electron chi connectivity index (χ3n) is 4.45. The summed E-state index contributed by atoms with van der Waals surface area (Å²) >= 11 is 0. The van der Waals surface area contributed by atoms with Gasteiger partial charge in [-0.15, -0.1) is 12.4 Å². The van der Waals surface area contributed by atoms with Gasteiger partial charge in [0.25, 0.3) is 0 Å². The molecule has 6 heteroatoms. The molecule has 5 nitrogen and oxygen atoms in total. The second-order valence-electron chi connectivity index (χ2n) is 6.70. The van der Waals surface area contributed by atoms with E-state index in [0.717, 1.165) is 30.5 Å². The summed E-state index contributed by atoms with van der Waals surface area (Å²) in [7, 11) is 0. The Kier molecular flexibility index (Phi) is 7.70. The third-order valence-corrected chi connectivity index (χ3v) is 4.45. The minimum atomic E-state index is 0. The molecular formula is C18H28ClN3O2. The van der Waals surface area contributed by atoms with Crippen molar-refractivity contribution in [3.05, 3.63) is 29.8 Å². The van der Waals surface area contributed by atoms with Gasteiger partial charge in [-0.25, -0.2) is 0 Å². The molecule has 0 saturated heterocycles. The van der Waals surface area contributed by atoms with E-state index < -0.39 is 0 Å². The van der Waals surface area contributed by atoms with Crippen LogP contribution in [0.2, 0.25) is 0 Å². The fourth-order valence-corrected chi connectivity index (χ4v) is 3.05. The van der Waals surface area contributed by atoms with Crippen LogP contribution in [-0.2, 0) is 16.1 Å². The molecule has 1 aromatic carbocycles. The van der Waals surface area contributed by atoms with Gasteiger partial charge in [-0.2, -0.15) is 0 Å². The number of hydrogen-bond donors (Lipinski definition) is 2. The van der Waals surface area contributed by atoms with E-state index in [1.54, 1.807) is 6.92 Å². The molecule has 2 atom stereocenters. The van der Waals surface area contributed by atoms with E-state index >= 15 is 0 Å². The molecule has 1 saturated carbocycles.